The van der Waals surface area contributed by atoms with E-state index in [9.17, 15) is 4.39 Å². The first-order valence-electron chi connectivity index (χ1n) is 7.93. The highest BCUT2D eigenvalue weighted by Gasteiger charge is 2.13. The summed E-state index contributed by atoms with van der Waals surface area (Å²) in [6.45, 7) is 1.96. The molecule has 26 heavy (non-hydrogen) atoms. The Hall–Kier alpha value is -3.19. The summed E-state index contributed by atoms with van der Waals surface area (Å²) in [5.41, 5.74) is 3.39. The van der Waals surface area contributed by atoms with Crippen LogP contribution in [0.5, 0.6) is 0 Å². The first-order chi connectivity index (χ1) is 12.7. The number of thiazole rings is 1. The zero-order chi connectivity index (χ0) is 17.9. The Labute approximate surface area is 153 Å². The van der Waals surface area contributed by atoms with E-state index in [1.54, 1.807) is 42.1 Å². The molecule has 1 aromatic carbocycles. The summed E-state index contributed by atoms with van der Waals surface area (Å²) in [6.07, 6.45) is 5.23. The Balaban J connectivity index is 1.64. The van der Waals surface area contributed by atoms with Gasteiger partial charge in [-0.2, -0.15) is 0 Å². The van der Waals surface area contributed by atoms with Crippen LogP contribution in [-0.4, -0.2) is 19.9 Å². The van der Waals surface area contributed by atoms with Crippen molar-refractivity contribution < 1.29 is 4.39 Å². The summed E-state index contributed by atoms with van der Waals surface area (Å²) in [5, 5.41) is 3.98. The lowest BCUT2D eigenvalue weighted by Crippen LogP contribution is -1.97. The number of nitrogens with zero attached hydrogens (tertiary/aromatic N) is 4. The molecule has 0 amide bonds. The minimum atomic E-state index is -0.284. The monoisotopic (exact) mass is 363 g/mol. The van der Waals surface area contributed by atoms with E-state index >= 15 is 0 Å². The highest BCUT2D eigenvalue weighted by molar-refractivity contribution is 7.18. The normalized spacial score (nSPS) is 10.7. The van der Waals surface area contributed by atoms with Crippen molar-refractivity contribution in [2.75, 3.05) is 5.32 Å². The summed E-state index contributed by atoms with van der Waals surface area (Å²) in [5.74, 6) is 0.165. The summed E-state index contributed by atoms with van der Waals surface area (Å²) in [7, 11) is 0. The van der Waals surface area contributed by atoms with Crippen molar-refractivity contribution in [3.63, 3.8) is 0 Å². The summed E-state index contributed by atoms with van der Waals surface area (Å²) >= 11 is 1.56. The molecule has 0 radical (unpaired) electrons. The maximum absolute atomic E-state index is 13.0. The molecule has 5 nitrogen and oxygen atoms in total. The number of halogens is 1. The molecule has 0 aliphatic carbocycles. The molecule has 0 aliphatic heterocycles. The average molecular weight is 363 g/mol. The molecule has 0 bridgehead atoms. The summed E-state index contributed by atoms with van der Waals surface area (Å²) in [4.78, 5) is 18.6. The van der Waals surface area contributed by atoms with Gasteiger partial charge in [-0.15, -0.1) is 11.3 Å². The van der Waals surface area contributed by atoms with Crippen LogP contribution < -0.4 is 5.32 Å². The van der Waals surface area contributed by atoms with Crippen LogP contribution in [0.1, 0.15) is 5.69 Å². The number of hydrogen-bond donors (Lipinski definition) is 1. The van der Waals surface area contributed by atoms with Crippen molar-refractivity contribution in [3.8, 4) is 21.1 Å². The molecule has 4 aromatic rings. The lowest BCUT2D eigenvalue weighted by atomic mass is 10.3. The maximum atomic E-state index is 13.0. The number of aromatic nitrogens is 4. The highest BCUT2D eigenvalue weighted by atomic mass is 32.1. The number of pyridine rings is 1. The van der Waals surface area contributed by atoms with Crippen molar-refractivity contribution in [1.29, 1.82) is 0 Å². The molecule has 3 heterocycles. The van der Waals surface area contributed by atoms with Gasteiger partial charge in [0.05, 0.1) is 16.3 Å². The third-order valence-corrected chi connectivity index (χ3v) is 4.92. The molecule has 1 N–H and O–H groups in total. The van der Waals surface area contributed by atoms with E-state index in [0.29, 0.717) is 5.95 Å². The van der Waals surface area contributed by atoms with Crippen LogP contribution >= 0.6 is 11.3 Å². The van der Waals surface area contributed by atoms with Crippen molar-refractivity contribution in [2.45, 2.75) is 6.92 Å². The van der Waals surface area contributed by atoms with E-state index in [-0.39, 0.29) is 5.82 Å². The molecular weight excluding hydrogens is 349 g/mol. The van der Waals surface area contributed by atoms with Crippen molar-refractivity contribution in [3.05, 3.63) is 72.6 Å². The van der Waals surface area contributed by atoms with Gasteiger partial charge < -0.3 is 5.32 Å². The van der Waals surface area contributed by atoms with Gasteiger partial charge in [0.15, 0.2) is 0 Å². The topological polar surface area (TPSA) is 63.6 Å². The number of hydrogen-bond acceptors (Lipinski definition) is 6. The Morgan fingerprint density at radius 2 is 1.85 bits per heavy atom. The third kappa shape index (κ3) is 3.43. The largest absolute Gasteiger partial charge is 0.324 e. The minimum absolute atomic E-state index is 0.284. The highest BCUT2D eigenvalue weighted by Crippen LogP contribution is 2.34. The zero-order valence-corrected chi connectivity index (χ0v) is 14.7. The van der Waals surface area contributed by atoms with Gasteiger partial charge in [0.25, 0.3) is 0 Å². The van der Waals surface area contributed by atoms with Gasteiger partial charge in [-0.3, -0.25) is 4.98 Å². The lowest BCUT2D eigenvalue weighted by Gasteiger charge is -2.06. The quantitative estimate of drug-likeness (QED) is 0.561. The zero-order valence-electron chi connectivity index (χ0n) is 13.8. The minimum Gasteiger partial charge on any atom is -0.324 e. The average Bonchev–Trinajstić information content (AvgIpc) is 3.06. The van der Waals surface area contributed by atoms with Gasteiger partial charge in [-0.25, -0.2) is 19.3 Å². The predicted octanol–water partition coefficient (Wildman–Crippen LogP) is 4.85. The molecule has 3 aromatic heterocycles. The number of benzene rings is 1. The SMILES string of the molecule is Cc1nc(-c2cccnc2)sc1-c1ccnc(Nc2ccc(F)cc2)n1. The second kappa shape index (κ2) is 6.97. The van der Waals surface area contributed by atoms with Crippen LogP contribution in [0, 0.1) is 12.7 Å². The third-order valence-electron chi connectivity index (χ3n) is 3.69. The number of nitrogens with one attached hydrogen (secondary N) is 1. The van der Waals surface area contributed by atoms with Gasteiger partial charge in [0.2, 0.25) is 5.95 Å². The second-order valence-electron chi connectivity index (χ2n) is 5.57. The smallest absolute Gasteiger partial charge is 0.227 e. The van der Waals surface area contributed by atoms with Crippen LogP contribution in [0.25, 0.3) is 21.1 Å². The van der Waals surface area contributed by atoms with E-state index in [1.165, 1.54) is 12.1 Å². The van der Waals surface area contributed by atoms with Gasteiger partial charge in [0, 0.05) is 29.8 Å². The number of aryl methyl sites for hydroxylation is 1. The molecule has 4 rings (SSSR count). The maximum Gasteiger partial charge on any atom is 0.227 e. The van der Waals surface area contributed by atoms with Gasteiger partial charge in [-0.05, 0) is 49.4 Å². The van der Waals surface area contributed by atoms with E-state index in [2.05, 4.69) is 25.3 Å². The first-order valence-corrected chi connectivity index (χ1v) is 8.74. The Bertz CT molecular complexity index is 1030. The fourth-order valence-electron chi connectivity index (χ4n) is 2.45. The molecule has 7 heteroatoms. The molecule has 0 fully saturated rings. The Morgan fingerprint density at radius 3 is 2.62 bits per heavy atom. The van der Waals surface area contributed by atoms with Crippen LogP contribution in [0.3, 0.4) is 0 Å². The van der Waals surface area contributed by atoms with Crippen LogP contribution in [-0.2, 0) is 0 Å². The predicted molar refractivity (Wildman–Crippen MR) is 101 cm³/mol. The van der Waals surface area contributed by atoms with Gasteiger partial charge in [-0.1, -0.05) is 0 Å². The molecule has 0 unspecified atom stereocenters. The molecule has 128 valence electrons. The van der Waals surface area contributed by atoms with Gasteiger partial charge in [0.1, 0.15) is 10.8 Å². The fraction of sp³-hybridized carbons (Fsp3) is 0.0526. The van der Waals surface area contributed by atoms with Crippen LogP contribution in [0.2, 0.25) is 0 Å². The summed E-state index contributed by atoms with van der Waals surface area (Å²) < 4.78 is 13.0. The second-order valence-corrected chi connectivity index (χ2v) is 6.57. The van der Waals surface area contributed by atoms with Crippen molar-refractivity contribution in [2.24, 2.45) is 0 Å². The van der Waals surface area contributed by atoms with Gasteiger partial charge >= 0.3 is 0 Å². The molecule has 0 spiro atoms. The van der Waals surface area contributed by atoms with Crippen molar-refractivity contribution >= 4 is 23.0 Å². The molecule has 0 atom stereocenters. The van der Waals surface area contributed by atoms with Crippen molar-refractivity contribution in [1.82, 2.24) is 19.9 Å². The molecule has 0 saturated heterocycles. The van der Waals surface area contributed by atoms with E-state index in [4.69, 9.17) is 0 Å². The standard InChI is InChI=1S/C19H14FN5S/c1-12-17(26-18(23-12)13-3-2-9-21-11-13)16-8-10-22-19(25-16)24-15-6-4-14(20)5-7-15/h2-11H,1H3,(H,22,24,25). The van der Waals surface area contributed by atoms with Crippen LogP contribution in [0.15, 0.2) is 61.1 Å². The molecule has 0 saturated carbocycles. The molecular formula is C19H14FN5S. The lowest BCUT2D eigenvalue weighted by molar-refractivity contribution is 0.628. The number of anilines is 2. The van der Waals surface area contributed by atoms with E-state index in [0.717, 1.165) is 32.5 Å². The van der Waals surface area contributed by atoms with Crippen LogP contribution in [0.4, 0.5) is 16.0 Å². The van der Waals surface area contributed by atoms with E-state index < -0.39 is 0 Å². The first kappa shape index (κ1) is 16.3. The Morgan fingerprint density at radius 1 is 1.00 bits per heavy atom. The summed E-state index contributed by atoms with van der Waals surface area (Å²) in [6, 6.07) is 11.8. The Kier molecular flexibility index (Phi) is 4.37. The number of rotatable bonds is 4. The fourth-order valence-corrected chi connectivity index (χ4v) is 3.48. The van der Waals surface area contributed by atoms with E-state index in [1.807, 2.05) is 25.1 Å². The molecule has 0 aliphatic rings.